The molecule has 0 atom stereocenters. The number of aromatic nitrogens is 1. The molecule has 100 valence electrons. The van der Waals surface area contributed by atoms with Gasteiger partial charge in [-0.25, -0.2) is 4.79 Å². The first-order valence-corrected chi connectivity index (χ1v) is 6.28. The Kier molecular flexibility index (Phi) is 2.88. The van der Waals surface area contributed by atoms with Gasteiger partial charge in [0.1, 0.15) is 0 Å². The molecule has 0 fully saturated rings. The maximum atomic E-state index is 11.0. The lowest BCUT2D eigenvalue weighted by molar-refractivity contribution is 0.0697. The van der Waals surface area contributed by atoms with Gasteiger partial charge in [0.15, 0.2) is 0 Å². The van der Waals surface area contributed by atoms with E-state index in [-0.39, 0.29) is 11.4 Å². The molecule has 0 radical (unpaired) electrons. The van der Waals surface area contributed by atoms with Crippen molar-refractivity contribution in [1.82, 2.24) is 4.57 Å². The van der Waals surface area contributed by atoms with Gasteiger partial charge in [-0.2, -0.15) is 0 Å². The summed E-state index contributed by atoms with van der Waals surface area (Å²) in [4.78, 5) is 11.0. The summed E-state index contributed by atoms with van der Waals surface area (Å²) >= 11 is 6.08. The Hall–Kier alpha value is -2.46. The van der Waals surface area contributed by atoms with Gasteiger partial charge in [0.25, 0.3) is 0 Å². The molecule has 2 N–H and O–H groups in total. The monoisotopic (exact) mass is 287 g/mol. The standard InChI is InChI=1S/C15H10ClNO3/c16-12-6-2-4-10-8-17(14(18)13(10)12)11-5-1-3-9(7-11)15(19)20/h1-8,18H,(H,19,20). The fourth-order valence-corrected chi connectivity index (χ4v) is 2.46. The molecular formula is C15H10ClNO3. The van der Waals surface area contributed by atoms with Crippen molar-refractivity contribution in [2.24, 2.45) is 0 Å². The molecule has 20 heavy (non-hydrogen) atoms. The van der Waals surface area contributed by atoms with Crippen LogP contribution < -0.4 is 0 Å². The minimum Gasteiger partial charge on any atom is -0.494 e. The molecule has 3 aromatic rings. The van der Waals surface area contributed by atoms with Crippen molar-refractivity contribution in [1.29, 1.82) is 0 Å². The van der Waals surface area contributed by atoms with Crippen molar-refractivity contribution in [3.63, 3.8) is 0 Å². The Morgan fingerprint density at radius 1 is 1.15 bits per heavy atom. The number of rotatable bonds is 2. The van der Waals surface area contributed by atoms with Gasteiger partial charge in [0, 0.05) is 17.3 Å². The van der Waals surface area contributed by atoms with Gasteiger partial charge in [-0.05, 0) is 24.3 Å². The quantitative estimate of drug-likeness (QED) is 0.755. The van der Waals surface area contributed by atoms with Gasteiger partial charge < -0.3 is 10.2 Å². The summed E-state index contributed by atoms with van der Waals surface area (Å²) in [5.41, 5.74) is 0.723. The lowest BCUT2D eigenvalue weighted by Crippen LogP contribution is -1.98. The predicted octanol–water partition coefficient (Wildman–Crippen LogP) is 3.69. The molecule has 4 nitrogen and oxygen atoms in total. The lowest BCUT2D eigenvalue weighted by Gasteiger charge is -2.05. The summed E-state index contributed by atoms with van der Waals surface area (Å²) in [7, 11) is 0. The summed E-state index contributed by atoms with van der Waals surface area (Å²) < 4.78 is 1.52. The van der Waals surface area contributed by atoms with Crippen molar-refractivity contribution in [2.45, 2.75) is 0 Å². The maximum Gasteiger partial charge on any atom is 0.335 e. The number of nitrogens with zero attached hydrogens (tertiary/aromatic N) is 1. The molecular weight excluding hydrogens is 278 g/mol. The Balaban J connectivity index is 2.25. The molecule has 3 rings (SSSR count). The van der Waals surface area contributed by atoms with Crippen LogP contribution >= 0.6 is 11.6 Å². The molecule has 0 bridgehead atoms. The Morgan fingerprint density at radius 2 is 1.90 bits per heavy atom. The normalized spacial score (nSPS) is 10.8. The molecule has 0 unspecified atom stereocenters. The number of fused-ring (bicyclic) bond motifs is 1. The highest BCUT2D eigenvalue weighted by atomic mass is 35.5. The predicted molar refractivity (Wildman–Crippen MR) is 76.9 cm³/mol. The molecule has 5 heteroatoms. The molecule has 2 aromatic carbocycles. The van der Waals surface area contributed by atoms with Gasteiger partial charge >= 0.3 is 5.97 Å². The second kappa shape index (κ2) is 4.58. The smallest absolute Gasteiger partial charge is 0.335 e. The molecule has 0 saturated carbocycles. The van der Waals surface area contributed by atoms with E-state index in [9.17, 15) is 9.90 Å². The van der Waals surface area contributed by atoms with E-state index >= 15 is 0 Å². The van der Waals surface area contributed by atoms with Crippen LogP contribution in [0.5, 0.6) is 5.88 Å². The average molecular weight is 288 g/mol. The highest BCUT2D eigenvalue weighted by Gasteiger charge is 2.13. The largest absolute Gasteiger partial charge is 0.494 e. The van der Waals surface area contributed by atoms with E-state index in [2.05, 4.69) is 0 Å². The average Bonchev–Trinajstić information content (AvgIpc) is 2.77. The van der Waals surface area contributed by atoms with Crippen LogP contribution in [0.15, 0.2) is 48.7 Å². The topological polar surface area (TPSA) is 62.5 Å². The number of aromatic hydroxyl groups is 1. The fraction of sp³-hybridized carbons (Fsp3) is 0. The minimum atomic E-state index is -1.01. The zero-order chi connectivity index (χ0) is 14.3. The van der Waals surface area contributed by atoms with Crippen LogP contribution in [0, 0.1) is 0 Å². The third-order valence-corrected chi connectivity index (χ3v) is 3.45. The molecule has 0 aliphatic rings. The Bertz CT molecular complexity index is 823. The van der Waals surface area contributed by atoms with Crippen LogP contribution in [0.4, 0.5) is 0 Å². The first-order valence-electron chi connectivity index (χ1n) is 5.90. The molecule has 0 aliphatic heterocycles. The number of aromatic carboxylic acids is 1. The van der Waals surface area contributed by atoms with Crippen molar-refractivity contribution in [3.8, 4) is 11.6 Å². The van der Waals surface area contributed by atoms with Crippen LogP contribution in [0.3, 0.4) is 0 Å². The van der Waals surface area contributed by atoms with E-state index in [4.69, 9.17) is 16.7 Å². The van der Waals surface area contributed by atoms with E-state index in [1.54, 1.807) is 30.5 Å². The molecule has 0 aliphatic carbocycles. The minimum absolute atomic E-state index is 0.00635. The van der Waals surface area contributed by atoms with E-state index in [1.807, 2.05) is 6.07 Å². The Labute approximate surface area is 119 Å². The van der Waals surface area contributed by atoms with Gasteiger partial charge in [-0.1, -0.05) is 29.8 Å². The third-order valence-electron chi connectivity index (χ3n) is 3.14. The zero-order valence-electron chi connectivity index (χ0n) is 10.2. The van der Waals surface area contributed by atoms with Crippen molar-refractivity contribution in [3.05, 3.63) is 59.2 Å². The lowest BCUT2D eigenvalue weighted by atomic mass is 10.2. The van der Waals surface area contributed by atoms with Crippen molar-refractivity contribution < 1.29 is 15.0 Å². The maximum absolute atomic E-state index is 11.0. The fourth-order valence-electron chi connectivity index (χ4n) is 2.19. The molecule has 1 heterocycles. The highest BCUT2D eigenvalue weighted by Crippen LogP contribution is 2.35. The van der Waals surface area contributed by atoms with E-state index < -0.39 is 5.97 Å². The van der Waals surface area contributed by atoms with Crippen molar-refractivity contribution >= 4 is 28.3 Å². The van der Waals surface area contributed by atoms with Crippen LogP contribution in [0.25, 0.3) is 16.5 Å². The SMILES string of the molecule is O=C(O)c1cccc(-n2cc3cccc(Cl)c3c2O)c1. The molecule has 0 amide bonds. The summed E-state index contributed by atoms with van der Waals surface area (Å²) in [5, 5.41) is 21.1. The van der Waals surface area contributed by atoms with E-state index in [0.29, 0.717) is 16.1 Å². The first kappa shape index (κ1) is 12.6. The number of carboxylic acids is 1. The Morgan fingerprint density at radius 3 is 2.60 bits per heavy atom. The molecule has 0 spiro atoms. The van der Waals surface area contributed by atoms with Crippen molar-refractivity contribution in [2.75, 3.05) is 0 Å². The van der Waals surface area contributed by atoms with E-state index in [1.165, 1.54) is 16.7 Å². The highest BCUT2D eigenvalue weighted by molar-refractivity contribution is 6.36. The first-order chi connectivity index (χ1) is 9.58. The second-order valence-electron chi connectivity index (χ2n) is 4.38. The summed E-state index contributed by atoms with van der Waals surface area (Å²) in [6.45, 7) is 0. The number of benzene rings is 2. The van der Waals surface area contributed by atoms with Crippen LogP contribution in [-0.4, -0.2) is 20.7 Å². The number of carbonyl (C=O) groups is 1. The van der Waals surface area contributed by atoms with Gasteiger partial charge in [-0.3, -0.25) is 4.57 Å². The third kappa shape index (κ3) is 1.90. The van der Waals surface area contributed by atoms with Gasteiger partial charge in [0.05, 0.1) is 16.0 Å². The number of halogens is 1. The number of hydrogen-bond acceptors (Lipinski definition) is 2. The number of carboxylic acid groups (broad SMARTS) is 1. The number of hydrogen-bond donors (Lipinski definition) is 2. The molecule has 1 aromatic heterocycles. The zero-order valence-corrected chi connectivity index (χ0v) is 11.0. The van der Waals surface area contributed by atoms with Crippen LogP contribution in [0.2, 0.25) is 5.02 Å². The second-order valence-corrected chi connectivity index (χ2v) is 4.79. The van der Waals surface area contributed by atoms with E-state index in [0.717, 1.165) is 5.39 Å². The van der Waals surface area contributed by atoms with Crippen LogP contribution in [0.1, 0.15) is 10.4 Å². The van der Waals surface area contributed by atoms with Gasteiger partial charge in [0.2, 0.25) is 5.88 Å². The summed E-state index contributed by atoms with van der Waals surface area (Å²) in [6, 6.07) is 11.7. The van der Waals surface area contributed by atoms with Gasteiger partial charge in [-0.15, -0.1) is 0 Å². The molecule has 0 saturated heterocycles. The summed E-state index contributed by atoms with van der Waals surface area (Å²) in [5.74, 6) is -1.02. The summed E-state index contributed by atoms with van der Waals surface area (Å²) in [6.07, 6.45) is 1.72. The van der Waals surface area contributed by atoms with Crippen LogP contribution in [-0.2, 0) is 0 Å².